The molecule has 1 aliphatic heterocycles. The van der Waals surface area contributed by atoms with E-state index in [1.807, 2.05) is 6.07 Å². The highest BCUT2D eigenvalue weighted by Crippen LogP contribution is 2.40. The van der Waals surface area contributed by atoms with E-state index >= 15 is 0 Å². The van der Waals surface area contributed by atoms with Crippen LogP contribution in [0, 0.1) is 11.7 Å². The van der Waals surface area contributed by atoms with Gasteiger partial charge in [-0.25, -0.2) is 4.39 Å². The molecule has 1 aromatic carbocycles. The molecule has 6 heteroatoms. The summed E-state index contributed by atoms with van der Waals surface area (Å²) in [5.41, 5.74) is 0.802. The molecule has 1 N–H and O–H groups in total. The molecule has 0 spiro atoms. The van der Waals surface area contributed by atoms with Crippen molar-refractivity contribution in [2.75, 3.05) is 26.2 Å². The lowest BCUT2D eigenvalue weighted by atomic mass is 9.80. The lowest BCUT2D eigenvalue weighted by Crippen LogP contribution is -2.47. The minimum Gasteiger partial charge on any atom is -0.314 e. The molecule has 1 saturated carbocycles. The standard InChI is InChI=1S/C17H24ClFN2.2ClH/c18-14-6-7-16(19)15(12-14)17(13-4-2-1-3-5-13)21-10-8-20-9-11-21;;/h6-7,12-13,17,20H,1-5,8-11H2;2*1H/t17-;;/m0../s1. The van der Waals surface area contributed by atoms with Crippen LogP contribution in [0.15, 0.2) is 18.2 Å². The molecule has 0 radical (unpaired) electrons. The monoisotopic (exact) mass is 382 g/mol. The average Bonchev–Trinajstić information content (AvgIpc) is 2.53. The SMILES string of the molecule is Cl.Cl.Fc1ccc(Cl)cc1[C@H](C1CCCCC1)N1CCNCC1. The van der Waals surface area contributed by atoms with E-state index < -0.39 is 0 Å². The van der Waals surface area contributed by atoms with Crippen molar-refractivity contribution in [2.45, 2.75) is 38.1 Å². The first-order chi connectivity index (χ1) is 10.3. The van der Waals surface area contributed by atoms with Crippen molar-refractivity contribution in [1.29, 1.82) is 0 Å². The van der Waals surface area contributed by atoms with Crippen molar-refractivity contribution >= 4 is 36.4 Å². The minimum absolute atomic E-state index is 0. The molecule has 0 amide bonds. The summed E-state index contributed by atoms with van der Waals surface area (Å²) in [6, 6.07) is 5.20. The maximum Gasteiger partial charge on any atom is 0.128 e. The van der Waals surface area contributed by atoms with Crippen LogP contribution < -0.4 is 5.32 Å². The Bertz CT molecular complexity index is 457. The molecule has 1 atom stereocenters. The molecule has 0 aromatic heterocycles. The predicted octanol–water partition coefficient (Wildman–Crippen LogP) is 4.85. The zero-order valence-electron chi connectivity index (χ0n) is 13.3. The molecule has 2 nitrogen and oxygen atoms in total. The highest BCUT2D eigenvalue weighted by atomic mass is 35.5. The Balaban J connectivity index is 0.00000132. The second kappa shape index (κ2) is 10.0. The fourth-order valence-electron chi connectivity index (χ4n) is 3.90. The lowest BCUT2D eigenvalue weighted by Gasteiger charge is -2.41. The maximum atomic E-state index is 14.4. The fourth-order valence-corrected chi connectivity index (χ4v) is 4.08. The largest absolute Gasteiger partial charge is 0.314 e. The van der Waals surface area contributed by atoms with Crippen molar-refractivity contribution in [3.63, 3.8) is 0 Å². The van der Waals surface area contributed by atoms with Crippen LogP contribution in [0.5, 0.6) is 0 Å². The molecule has 3 rings (SSSR count). The van der Waals surface area contributed by atoms with Gasteiger partial charge in [0, 0.05) is 42.8 Å². The van der Waals surface area contributed by atoms with Gasteiger partial charge in [0.25, 0.3) is 0 Å². The first-order valence-corrected chi connectivity index (χ1v) is 8.53. The van der Waals surface area contributed by atoms with Gasteiger partial charge in [0.2, 0.25) is 0 Å². The van der Waals surface area contributed by atoms with Crippen molar-refractivity contribution in [3.05, 3.63) is 34.6 Å². The number of hydrogen-bond donors (Lipinski definition) is 1. The van der Waals surface area contributed by atoms with Gasteiger partial charge in [0.05, 0.1) is 0 Å². The zero-order valence-corrected chi connectivity index (χ0v) is 15.7. The molecule has 1 aliphatic carbocycles. The number of nitrogens with one attached hydrogen (secondary N) is 1. The molecular formula is C17H26Cl3FN2. The third-order valence-corrected chi connectivity index (χ3v) is 5.15. The maximum absolute atomic E-state index is 14.4. The summed E-state index contributed by atoms with van der Waals surface area (Å²) >= 11 is 6.14. The van der Waals surface area contributed by atoms with E-state index in [0.717, 1.165) is 31.7 Å². The third kappa shape index (κ3) is 5.20. The summed E-state index contributed by atoms with van der Waals surface area (Å²) in [6.07, 6.45) is 6.29. The Kier molecular flexibility index (Phi) is 9.17. The molecule has 1 aromatic rings. The Morgan fingerprint density at radius 2 is 1.74 bits per heavy atom. The molecule has 132 valence electrons. The van der Waals surface area contributed by atoms with Crippen molar-refractivity contribution < 1.29 is 4.39 Å². The minimum atomic E-state index is -0.103. The van der Waals surface area contributed by atoms with Crippen molar-refractivity contribution in [3.8, 4) is 0 Å². The molecule has 23 heavy (non-hydrogen) atoms. The van der Waals surface area contributed by atoms with Crippen LogP contribution in [0.2, 0.25) is 5.02 Å². The van der Waals surface area contributed by atoms with Crippen molar-refractivity contribution in [2.24, 2.45) is 5.92 Å². The Morgan fingerprint density at radius 3 is 2.39 bits per heavy atom. The number of rotatable bonds is 3. The summed E-state index contributed by atoms with van der Waals surface area (Å²) in [4.78, 5) is 2.46. The number of benzene rings is 1. The molecule has 0 bridgehead atoms. The van der Waals surface area contributed by atoms with Gasteiger partial charge >= 0.3 is 0 Å². The van der Waals surface area contributed by atoms with Crippen LogP contribution in [-0.2, 0) is 0 Å². The predicted molar refractivity (Wildman–Crippen MR) is 99.7 cm³/mol. The fraction of sp³-hybridized carbons (Fsp3) is 0.647. The van der Waals surface area contributed by atoms with E-state index in [2.05, 4.69) is 10.2 Å². The van der Waals surface area contributed by atoms with Crippen LogP contribution in [0.25, 0.3) is 0 Å². The normalized spacial score (nSPS) is 21.1. The van der Waals surface area contributed by atoms with Gasteiger partial charge in [0.1, 0.15) is 5.82 Å². The number of piperazine rings is 1. The van der Waals surface area contributed by atoms with Crippen LogP contribution in [-0.4, -0.2) is 31.1 Å². The summed E-state index contributed by atoms with van der Waals surface area (Å²) in [5.74, 6) is 0.457. The Labute approximate surface area is 156 Å². The number of hydrogen-bond acceptors (Lipinski definition) is 2. The summed E-state index contributed by atoms with van der Waals surface area (Å²) in [7, 11) is 0. The zero-order chi connectivity index (χ0) is 14.7. The summed E-state index contributed by atoms with van der Waals surface area (Å²) < 4.78 is 14.4. The first kappa shape index (κ1) is 21.0. The third-order valence-electron chi connectivity index (χ3n) is 4.92. The number of nitrogens with zero attached hydrogens (tertiary/aromatic N) is 1. The van der Waals surface area contributed by atoms with Gasteiger partial charge in [-0.15, -0.1) is 24.8 Å². The van der Waals surface area contributed by atoms with Gasteiger partial charge in [0.15, 0.2) is 0 Å². The highest BCUT2D eigenvalue weighted by molar-refractivity contribution is 6.30. The van der Waals surface area contributed by atoms with Crippen molar-refractivity contribution in [1.82, 2.24) is 10.2 Å². The van der Waals surface area contributed by atoms with Gasteiger partial charge in [-0.3, -0.25) is 4.90 Å². The molecule has 2 fully saturated rings. The topological polar surface area (TPSA) is 15.3 Å². The molecule has 1 saturated heterocycles. The Morgan fingerprint density at radius 1 is 1.09 bits per heavy atom. The second-order valence-electron chi connectivity index (χ2n) is 6.29. The lowest BCUT2D eigenvalue weighted by molar-refractivity contribution is 0.101. The van der Waals surface area contributed by atoms with E-state index in [1.54, 1.807) is 6.07 Å². The quantitative estimate of drug-likeness (QED) is 0.802. The molecular weight excluding hydrogens is 358 g/mol. The summed E-state index contributed by atoms with van der Waals surface area (Å²) in [5, 5.41) is 4.03. The van der Waals surface area contributed by atoms with Crippen LogP contribution in [0.4, 0.5) is 4.39 Å². The van der Waals surface area contributed by atoms with Gasteiger partial charge in [-0.2, -0.15) is 0 Å². The van der Waals surface area contributed by atoms with Crippen LogP contribution >= 0.6 is 36.4 Å². The Hall–Kier alpha value is -0.0600. The smallest absolute Gasteiger partial charge is 0.128 e. The van der Waals surface area contributed by atoms with E-state index in [9.17, 15) is 4.39 Å². The second-order valence-corrected chi connectivity index (χ2v) is 6.73. The van der Waals surface area contributed by atoms with Crippen LogP contribution in [0.3, 0.4) is 0 Å². The van der Waals surface area contributed by atoms with E-state index in [4.69, 9.17) is 11.6 Å². The average molecular weight is 384 g/mol. The highest BCUT2D eigenvalue weighted by Gasteiger charge is 2.32. The molecule has 0 unspecified atom stereocenters. The van der Waals surface area contributed by atoms with Gasteiger partial charge in [-0.1, -0.05) is 30.9 Å². The van der Waals surface area contributed by atoms with Gasteiger partial charge in [-0.05, 0) is 37.0 Å². The van der Waals surface area contributed by atoms with E-state index in [-0.39, 0.29) is 36.7 Å². The first-order valence-electron chi connectivity index (χ1n) is 8.15. The van der Waals surface area contributed by atoms with E-state index in [0.29, 0.717) is 10.9 Å². The van der Waals surface area contributed by atoms with E-state index in [1.165, 1.54) is 38.2 Å². The molecule has 1 heterocycles. The van der Waals surface area contributed by atoms with Crippen LogP contribution in [0.1, 0.15) is 43.7 Å². The summed E-state index contributed by atoms with van der Waals surface area (Å²) in [6.45, 7) is 3.97. The number of halogens is 4. The van der Waals surface area contributed by atoms with Gasteiger partial charge < -0.3 is 5.32 Å². The molecule has 2 aliphatic rings.